The topological polar surface area (TPSA) is 105 Å². The highest BCUT2D eigenvalue weighted by Gasteiger charge is 2.30. The molecule has 2 N–H and O–H groups in total. The van der Waals surface area contributed by atoms with Crippen LogP contribution in [-0.4, -0.2) is 28.5 Å². The van der Waals surface area contributed by atoms with E-state index in [-0.39, 0.29) is 21.5 Å². The first kappa shape index (κ1) is 22.5. The maximum absolute atomic E-state index is 13.0. The van der Waals surface area contributed by atoms with E-state index in [1.54, 1.807) is 6.92 Å². The van der Waals surface area contributed by atoms with Crippen LogP contribution in [0.25, 0.3) is 0 Å². The molecular weight excluding hydrogens is 466 g/mol. The third-order valence-corrected chi connectivity index (χ3v) is 8.91. The van der Waals surface area contributed by atoms with E-state index in [0.717, 1.165) is 22.9 Å². The van der Waals surface area contributed by atoms with Crippen LogP contribution in [0.15, 0.2) is 98.5 Å². The van der Waals surface area contributed by atoms with Gasteiger partial charge in [-0.1, -0.05) is 79.3 Å². The van der Waals surface area contributed by atoms with E-state index < -0.39 is 26.1 Å². The highest BCUT2D eigenvalue weighted by molar-refractivity contribution is 8.16. The van der Waals surface area contributed by atoms with Crippen molar-refractivity contribution in [2.45, 2.75) is 27.7 Å². The van der Waals surface area contributed by atoms with Crippen LogP contribution < -0.4 is 9.44 Å². The van der Waals surface area contributed by atoms with Crippen molar-refractivity contribution in [3.05, 3.63) is 90.0 Å². The first-order valence-corrected chi connectivity index (χ1v) is 13.6. The van der Waals surface area contributed by atoms with Crippen molar-refractivity contribution >= 4 is 37.0 Å². The van der Waals surface area contributed by atoms with Gasteiger partial charge in [0, 0.05) is 11.4 Å². The maximum atomic E-state index is 13.0. The third kappa shape index (κ3) is 4.73. The Bertz CT molecular complexity index is 1320. The molecule has 0 saturated carbocycles. The molecule has 0 amide bonds. The Balaban J connectivity index is 1.75. The molecule has 0 spiro atoms. The number of hydrogen-bond donors (Lipinski definition) is 2. The molecule has 10 heteroatoms. The molecule has 0 unspecified atom stereocenters. The molecule has 0 fully saturated rings. The first-order chi connectivity index (χ1) is 15.3. The molecule has 0 atom stereocenters. The van der Waals surface area contributed by atoms with Gasteiger partial charge in [-0.2, -0.15) is 0 Å². The van der Waals surface area contributed by atoms with Crippen molar-refractivity contribution in [1.82, 2.24) is 9.44 Å². The molecule has 1 aliphatic rings. The number of benzene rings is 3. The second-order valence-corrected chi connectivity index (χ2v) is 11.4. The monoisotopic (exact) mass is 487 g/mol. The zero-order valence-corrected chi connectivity index (χ0v) is 19.5. The molecule has 0 aromatic heterocycles. The van der Waals surface area contributed by atoms with Crippen molar-refractivity contribution in [3.63, 3.8) is 0 Å². The van der Waals surface area contributed by atoms with Gasteiger partial charge in [0.25, 0.3) is 10.0 Å². The minimum atomic E-state index is -3.99. The van der Waals surface area contributed by atoms with Gasteiger partial charge in [-0.3, -0.25) is 4.72 Å². The van der Waals surface area contributed by atoms with Crippen LogP contribution in [0.3, 0.4) is 0 Å². The van der Waals surface area contributed by atoms with Gasteiger partial charge >= 0.3 is 0 Å². The Kier molecular flexibility index (Phi) is 6.38. The number of thioether (sulfide) groups is 1. The van der Waals surface area contributed by atoms with Crippen molar-refractivity contribution in [3.8, 4) is 0 Å². The van der Waals surface area contributed by atoms with Gasteiger partial charge in [-0.25, -0.2) is 26.6 Å². The van der Waals surface area contributed by atoms with Crippen LogP contribution in [0.4, 0.5) is 0 Å². The molecule has 3 aromatic rings. The third-order valence-electron chi connectivity index (χ3n) is 4.75. The summed E-state index contributed by atoms with van der Waals surface area (Å²) >= 11 is 1.15. The first-order valence-electron chi connectivity index (χ1n) is 9.82. The fourth-order valence-corrected chi connectivity index (χ4v) is 7.06. The van der Waals surface area contributed by atoms with Gasteiger partial charge in [-0.15, -0.1) is 0 Å². The van der Waals surface area contributed by atoms with E-state index in [2.05, 4.69) is 9.44 Å². The van der Waals surface area contributed by atoms with Gasteiger partial charge in [-0.05, 0) is 29.3 Å². The van der Waals surface area contributed by atoms with Gasteiger partial charge in [0.05, 0.1) is 4.90 Å². The Morgan fingerprint density at radius 1 is 0.969 bits per heavy atom. The zero-order valence-electron chi connectivity index (χ0n) is 17.1. The van der Waals surface area contributed by atoms with Crippen LogP contribution >= 0.6 is 11.8 Å². The lowest BCUT2D eigenvalue weighted by Crippen LogP contribution is -2.33. The summed E-state index contributed by atoms with van der Waals surface area (Å²) in [5, 5.41) is 0.220. The number of rotatable bonds is 6. The predicted molar refractivity (Wildman–Crippen MR) is 126 cm³/mol. The smallest absolute Gasteiger partial charge is 0.258 e. The molecule has 1 aliphatic heterocycles. The number of aliphatic imine (C=N–C) groups is 1. The van der Waals surface area contributed by atoms with Crippen molar-refractivity contribution < 1.29 is 16.8 Å². The standard InChI is InChI=1S/C22H21N3O4S3/c1-2-23-31(26,27)18-13-14-19-20(15-18)32(28,29)25-22(30-19)24-21(16-9-5-3-6-10-16)17-11-7-4-8-12-17/h3-15,21,23H,2H2,1H3,(H,24,25). The van der Waals surface area contributed by atoms with E-state index in [9.17, 15) is 16.8 Å². The van der Waals surface area contributed by atoms with Crippen LogP contribution in [0.2, 0.25) is 0 Å². The van der Waals surface area contributed by atoms with Crippen molar-refractivity contribution in [2.75, 3.05) is 6.54 Å². The number of hydrogen-bond acceptors (Lipinski definition) is 6. The number of fused-ring (bicyclic) bond motifs is 1. The molecule has 166 valence electrons. The lowest BCUT2D eigenvalue weighted by Gasteiger charge is -2.22. The summed E-state index contributed by atoms with van der Waals surface area (Å²) in [7, 11) is -7.77. The molecular formula is C22H21N3O4S3. The molecule has 4 rings (SSSR count). The van der Waals surface area contributed by atoms with Gasteiger partial charge < -0.3 is 0 Å². The maximum Gasteiger partial charge on any atom is 0.264 e. The van der Waals surface area contributed by atoms with E-state index in [1.807, 2.05) is 60.7 Å². The molecule has 7 nitrogen and oxygen atoms in total. The van der Waals surface area contributed by atoms with Gasteiger partial charge in [0.1, 0.15) is 10.9 Å². The normalized spacial score (nSPS) is 16.5. The molecule has 0 aliphatic carbocycles. The molecule has 0 bridgehead atoms. The zero-order chi connectivity index (χ0) is 22.8. The average molecular weight is 488 g/mol. The second kappa shape index (κ2) is 9.07. The van der Waals surface area contributed by atoms with Crippen molar-refractivity contribution in [2.24, 2.45) is 4.99 Å². The molecule has 3 aromatic carbocycles. The van der Waals surface area contributed by atoms with Crippen LogP contribution in [0.5, 0.6) is 0 Å². The Morgan fingerprint density at radius 2 is 1.56 bits per heavy atom. The fraction of sp³-hybridized carbons (Fsp3) is 0.136. The fourth-order valence-electron chi connectivity index (χ4n) is 3.30. The highest BCUT2D eigenvalue weighted by Crippen LogP contribution is 2.36. The summed E-state index contributed by atoms with van der Waals surface area (Å²) in [6.45, 7) is 1.86. The minimum absolute atomic E-state index is 0.0867. The molecule has 0 radical (unpaired) electrons. The number of sulfonamides is 2. The predicted octanol–water partition coefficient (Wildman–Crippen LogP) is 3.51. The van der Waals surface area contributed by atoms with E-state index >= 15 is 0 Å². The Hall–Kier alpha value is -2.66. The number of nitrogens with one attached hydrogen (secondary N) is 2. The Morgan fingerprint density at radius 3 is 2.12 bits per heavy atom. The van der Waals surface area contributed by atoms with Crippen LogP contribution in [0, 0.1) is 0 Å². The SMILES string of the molecule is CCNS(=O)(=O)c1ccc2c(c1)S(=O)(=O)NC(=NC(c1ccccc1)c1ccccc1)S2. The van der Waals surface area contributed by atoms with E-state index in [4.69, 9.17) is 4.99 Å². The van der Waals surface area contributed by atoms with Crippen LogP contribution in [-0.2, 0) is 20.0 Å². The summed E-state index contributed by atoms with van der Waals surface area (Å²) in [4.78, 5) is 4.96. The molecule has 0 saturated heterocycles. The summed E-state index contributed by atoms with van der Waals surface area (Å²) < 4.78 is 55.4. The quantitative estimate of drug-likeness (QED) is 0.554. The molecule has 32 heavy (non-hydrogen) atoms. The van der Waals surface area contributed by atoms with Gasteiger partial charge in [0.2, 0.25) is 10.0 Å². The summed E-state index contributed by atoms with van der Waals surface area (Å²) in [6.07, 6.45) is 0. The summed E-state index contributed by atoms with van der Waals surface area (Å²) in [5.41, 5.74) is 1.84. The number of nitrogens with zero attached hydrogens (tertiary/aromatic N) is 1. The largest absolute Gasteiger partial charge is 0.264 e. The van der Waals surface area contributed by atoms with Crippen LogP contribution in [0.1, 0.15) is 24.1 Å². The minimum Gasteiger partial charge on any atom is -0.258 e. The number of amidine groups is 1. The molecule has 1 heterocycles. The average Bonchev–Trinajstić information content (AvgIpc) is 2.78. The van der Waals surface area contributed by atoms with E-state index in [1.165, 1.54) is 18.2 Å². The lowest BCUT2D eigenvalue weighted by atomic mass is 9.99. The van der Waals surface area contributed by atoms with E-state index in [0.29, 0.717) is 4.90 Å². The van der Waals surface area contributed by atoms with Gasteiger partial charge in [0.15, 0.2) is 5.17 Å². The summed E-state index contributed by atoms with van der Waals surface area (Å²) in [6, 6.07) is 22.9. The summed E-state index contributed by atoms with van der Waals surface area (Å²) in [5.74, 6) is 0. The second-order valence-electron chi connectivity index (χ2n) is 6.98. The Labute approximate surface area is 192 Å². The van der Waals surface area contributed by atoms with Crippen molar-refractivity contribution in [1.29, 1.82) is 0 Å². The lowest BCUT2D eigenvalue weighted by molar-refractivity contribution is 0.582. The highest BCUT2D eigenvalue weighted by atomic mass is 32.2.